The number of ether oxygens (including phenoxy) is 1. The number of rotatable bonds is 3. The lowest BCUT2D eigenvalue weighted by molar-refractivity contribution is -0.128. The van der Waals surface area contributed by atoms with Crippen molar-refractivity contribution in [3.63, 3.8) is 0 Å². The Bertz CT molecular complexity index is 931. The third-order valence-corrected chi connectivity index (χ3v) is 4.76. The van der Waals surface area contributed by atoms with E-state index < -0.39 is 0 Å². The summed E-state index contributed by atoms with van der Waals surface area (Å²) in [5, 5.41) is 8.55. The van der Waals surface area contributed by atoms with Gasteiger partial charge in [-0.1, -0.05) is 0 Å². The Hall–Kier alpha value is -2.90. The quantitative estimate of drug-likeness (QED) is 0.718. The zero-order valence-corrected chi connectivity index (χ0v) is 15.0. The smallest absolute Gasteiger partial charge is 0.240 e. The van der Waals surface area contributed by atoms with Gasteiger partial charge in [0.25, 0.3) is 0 Å². The van der Waals surface area contributed by atoms with Crippen molar-refractivity contribution in [2.45, 2.75) is 32.3 Å². The van der Waals surface area contributed by atoms with E-state index >= 15 is 0 Å². The maximum Gasteiger partial charge on any atom is 0.240 e. The largest absolute Gasteiger partial charge is 0.473 e. The van der Waals surface area contributed by atoms with Crippen molar-refractivity contribution in [2.24, 2.45) is 7.05 Å². The number of carbonyl (C=O) groups is 1. The number of aryl methyl sites for hydroxylation is 1. The highest BCUT2D eigenvalue weighted by Crippen LogP contribution is 2.26. The lowest BCUT2D eigenvalue weighted by atomic mass is 10.1. The van der Waals surface area contributed by atoms with Gasteiger partial charge in [-0.3, -0.25) is 9.48 Å². The van der Waals surface area contributed by atoms with Gasteiger partial charge in [0.05, 0.1) is 24.3 Å². The van der Waals surface area contributed by atoms with Crippen LogP contribution < -0.4 is 4.74 Å². The van der Waals surface area contributed by atoms with Crippen LogP contribution in [0, 0.1) is 0 Å². The van der Waals surface area contributed by atoms with Gasteiger partial charge in [0.1, 0.15) is 11.6 Å². The molecular weight excluding hydrogens is 332 g/mol. The normalized spacial score (nSPS) is 18.1. The van der Waals surface area contributed by atoms with E-state index in [4.69, 9.17) is 9.72 Å². The fourth-order valence-corrected chi connectivity index (χ4v) is 3.33. The minimum absolute atomic E-state index is 0.0368. The second-order valence-electron chi connectivity index (χ2n) is 6.67. The number of nitrogens with zero attached hydrogens (tertiary/aromatic N) is 6. The molecule has 26 heavy (non-hydrogen) atoms. The minimum atomic E-state index is 0.0368. The maximum atomic E-state index is 11.6. The first kappa shape index (κ1) is 16.6. The first-order valence-corrected chi connectivity index (χ1v) is 8.86. The molecule has 1 fully saturated rings. The summed E-state index contributed by atoms with van der Waals surface area (Å²) in [5.41, 5.74) is 2.52. The van der Waals surface area contributed by atoms with Crippen molar-refractivity contribution < 1.29 is 9.53 Å². The number of hydrogen-bond acceptors (Lipinski definition) is 5. The van der Waals surface area contributed by atoms with Crippen molar-refractivity contribution >= 4 is 11.4 Å². The number of fused-ring (bicyclic) bond motifs is 1. The highest BCUT2D eigenvalue weighted by Gasteiger charge is 2.21. The Morgan fingerprint density at radius 1 is 1.23 bits per heavy atom. The van der Waals surface area contributed by atoms with Crippen molar-refractivity contribution in [3.05, 3.63) is 30.9 Å². The third-order valence-electron chi connectivity index (χ3n) is 4.76. The number of aromatic nitrogens is 5. The summed E-state index contributed by atoms with van der Waals surface area (Å²) in [6.45, 7) is 3.13. The first-order valence-electron chi connectivity index (χ1n) is 8.86. The summed E-state index contributed by atoms with van der Waals surface area (Å²) in [7, 11) is 1.87. The van der Waals surface area contributed by atoms with Crippen LogP contribution in [0.4, 0.5) is 0 Å². The van der Waals surface area contributed by atoms with Gasteiger partial charge in [0.2, 0.25) is 11.8 Å². The van der Waals surface area contributed by atoms with Gasteiger partial charge < -0.3 is 9.64 Å². The number of likely N-dealkylation sites (tertiary alicyclic amines) is 1. The Balaban J connectivity index is 1.61. The molecule has 0 radical (unpaired) electrons. The molecule has 3 aromatic rings. The molecular formula is C18H22N6O2. The monoisotopic (exact) mass is 354 g/mol. The van der Waals surface area contributed by atoms with Gasteiger partial charge in [-0.25, -0.2) is 9.50 Å². The summed E-state index contributed by atoms with van der Waals surface area (Å²) < 4.78 is 9.79. The zero-order chi connectivity index (χ0) is 18.1. The van der Waals surface area contributed by atoms with Crippen LogP contribution in [0.25, 0.3) is 16.8 Å². The van der Waals surface area contributed by atoms with Crippen molar-refractivity contribution in [2.75, 3.05) is 13.1 Å². The highest BCUT2D eigenvalue weighted by molar-refractivity contribution is 5.73. The molecule has 4 rings (SSSR count). The van der Waals surface area contributed by atoms with Gasteiger partial charge in [0, 0.05) is 45.2 Å². The molecule has 0 saturated carbocycles. The third kappa shape index (κ3) is 3.26. The van der Waals surface area contributed by atoms with Crippen molar-refractivity contribution in [1.29, 1.82) is 0 Å². The maximum absolute atomic E-state index is 11.6. The van der Waals surface area contributed by atoms with Crippen LogP contribution in [0.1, 0.15) is 26.2 Å². The number of hydrogen-bond donors (Lipinski definition) is 0. The fraction of sp³-hybridized carbons (Fsp3) is 0.444. The second-order valence-corrected chi connectivity index (χ2v) is 6.67. The summed E-state index contributed by atoms with van der Waals surface area (Å²) in [6.07, 6.45) is 9.99. The van der Waals surface area contributed by atoms with E-state index in [0.29, 0.717) is 5.88 Å². The van der Waals surface area contributed by atoms with E-state index in [1.807, 2.05) is 30.4 Å². The molecule has 1 aliphatic heterocycles. The number of amides is 1. The molecule has 1 amide bonds. The summed E-state index contributed by atoms with van der Waals surface area (Å²) in [6, 6.07) is 1.90. The number of carbonyl (C=O) groups excluding carboxylic acids is 1. The van der Waals surface area contributed by atoms with E-state index in [0.717, 1.165) is 49.1 Å². The average Bonchev–Trinajstić information content (AvgIpc) is 3.19. The molecule has 4 heterocycles. The van der Waals surface area contributed by atoms with E-state index in [-0.39, 0.29) is 12.0 Å². The first-order chi connectivity index (χ1) is 12.6. The molecule has 0 aromatic carbocycles. The van der Waals surface area contributed by atoms with Crippen LogP contribution in [0.2, 0.25) is 0 Å². The second kappa shape index (κ2) is 6.78. The van der Waals surface area contributed by atoms with Gasteiger partial charge in [-0.05, 0) is 18.9 Å². The topological polar surface area (TPSA) is 77.6 Å². The molecule has 3 aromatic heterocycles. The Morgan fingerprint density at radius 3 is 2.88 bits per heavy atom. The molecule has 0 aliphatic carbocycles. The highest BCUT2D eigenvalue weighted by atomic mass is 16.5. The van der Waals surface area contributed by atoms with Crippen LogP contribution in [0.3, 0.4) is 0 Å². The molecule has 8 nitrogen and oxygen atoms in total. The lowest BCUT2D eigenvalue weighted by Gasteiger charge is -2.19. The Labute approximate surface area is 151 Å². The molecule has 0 N–H and O–H groups in total. The molecule has 1 atom stereocenters. The van der Waals surface area contributed by atoms with Gasteiger partial charge in [-0.2, -0.15) is 10.2 Å². The average molecular weight is 354 g/mol. The molecule has 0 bridgehead atoms. The van der Waals surface area contributed by atoms with E-state index in [1.54, 1.807) is 28.5 Å². The molecule has 0 unspecified atom stereocenters. The van der Waals surface area contributed by atoms with Crippen LogP contribution >= 0.6 is 0 Å². The molecule has 0 spiro atoms. The van der Waals surface area contributed by atoms with Crippen molar-refractivity contribution in [1.82, 2.24) is 29.3 Å². The van der Waals surface area contributed by atoms with Crippen LogP contribution in [-0.2, 0) is 11.8 Å². The summed E-state index contributed by atoms with van der Waals surface area (Å²) in [4.78, 5) is 18.2. The molecule has 136 valence electrons. The van der Waals surface area contributed by atoms with E-state index in [1.165, 1.54) is 0 Å². The van der Waals surface area contributed by atoms with Crippen molar-refractivity contribution in [3.8, 4) is 17.1 Å². The lowest BCUT2D eigenvalue weighted by Crippen LogP contribution is -2.30. The van der Waals surface area contributed by atoms with E-state index in [9.17, 15) is 4.79 Å². The van der Waals surface area contributed by atoms with Crippen LogP contribution in [0.5, 0.6) is 5.88 Å². The minimum Gasteiger partial charge on any atom is -0.473 e. The van der Waals surface area contributed by atoms with E-state index in [2.05, 4.69) is 10.2 Å². The zero-order valence-electron chi connectivity index (χ0n) is 15.0. The predicted octanol–water partition coefficient (Wildman–Crippen LogP) is 1.91. The Kier molecular flexibility index (Phi) is 4.32. The predicted molar refractivity (Wildman–Crippen MR) is 95.7 cm³/mol. The van der Waals surface area contributed by atoms with Crippen LogP contribution in [0.15, 0.2) is 30.9 Å². The fourth-order valence-electron chi connectivity index (χ4n) is 3.33. The SMILES string of the molecule is CC(=O)N1CCC[C@H](Oc2nc(-c3cnn(C)c3)cn3nccc23)CC1. The van der Waals surface area contributed by atoms with Crippen LogP contribution in [-0.4, -0.2) is 54.4 Å². The van der Waals surface area contributed by atoms with Gasteiger partial charge >= 0.3 is 0 Å². The van der Waals surface area contributed by atoms with Gasteiger partial charge in [0.15, 0.2) is 0 Å². The van der Waals surface area contributed by atoms with Gasteiger partial charge in [-0.15, -0.1) is 0 Å². The molecule has 1 saturated heterocycles. The Morgan fingerprint density at radius 2 is 2.12 bits per heavy atom. The summed E-state index contributed by atoms with van der Waals surface area (Å²) in [5.74, 6) is 0.700. The standard InChI is InChI=1S/C18H22N6O2/c1-13(25)23-8-3-4-15(6-9-23)26-18-17-5-7-19-24(17)12-16(21-18)14-10-20-22(2)11-14/h5,7,10-12,15H,3-4,6,8-9H2,1-2H3/t15-/m0/s1. The molecule has 8 heteroatoms. The molecule has 1 aliphatic rings. The summed E-state index contributed by atoms with van der Waals surface area (Å²) >= 11 is 0.